The summed E-state index contributed by atoms with van der Waals surface area (Å²) in [5, 5.41) is 61.4. The number of hydrogen-bond donors (Lipinski definition) is 0. The normalized spacial score (nSPS) is 11.7. The van der Waals surface area contributed by atoms with E-state index in [4.69, 9.17) is 0 Å². The minimum atomic E-state index is 0.405. The van der Waals surface area contributed by atoms with Crippen LogP contribution in [0.15, 0.2) is 194 Å². The van der Waals surface area contributed by atoms with Crippen LogP contribution in [0.25, 0.3) is 141 Å². The summed E-state index contributed by atoms with van der Waals surface area (Å²) in [6.07, 6.45) is 0. The third kappa shape index (κ3) is 5.20. The van der Waals surface area contributed by atoms with E-state index in [2.05, 4.69) is 170 Å². The minimum absolute atomic E-state index is 0.405. The molecule has 0 radical (unpaired) electrons. The van der Waals surface area contributed by atoms with Gasteiger partial charge in [-0.15, -0.1) is 0 Å². The van der Waals surface area contributed by atoms with Crippen LogP contribution >= 0.6 is 0 Å². The van der Waals surface area contributed by atoms with E-state index in [-0.39, 0.29) is 0 Å². The Morgan fingerprint density at radius 2 is 0.571 bits per heavy atom. The van der Waals surface area contributed by atoms with Gasteiger partial charge in [-0.05, 0) is 167 Å². The first kappa shape index (κ1) is 39.1. The van der Waals surface area contributed by atoms with Gasteiger partial charge in [-0.3, -0.25) is 0 Å². The molecule has 0 unspecified atom stereocenters. The van der Waals surface area contributed by atoms with Crippen LogP contribution < -0.4 is 0 Å². The van der Waals surface area contributed by atoms with E-state index in [0.717, 1.165) is 87.1 Å². The second-order valence-electron chi connectivity index (χ2n) is 18.2. The van der Waals surface area contributed by atoms with Crippen LogP contribution in [-0.2, 0) is 0 Å². The van der Waals surface area contributed by atoms with Gasteiger partial charge >= 0.3 is 0 Å². The molecule has 0 bridgehead atoms. The van der Waals surface area contributed by atoms with E-state index in [9.17, 15) is 21.0 Å². The molecule has 0 heterocycles. The lowest BCUT2D eigenvalue weighted by Crippen LogP contribution is -1.94. The molecule has 0 saturated carbocycles. The zero-order valence-corrected chi connectivity index (χ0v) is 37.3. The van der Waals surface area contributed by atoms with Gasteiger partial charge in [0, 0.05) is 11.1 Å². The Kier molecular flexibility index (Phi) is 8.21. The maximum absolute atomic E-state index is 10.8. The first-order valence-corrected chi connectivity index (χ1v) is 23.2. The third-order valence-corrected chi connectivity index (χ3v) is 14.8. The number of nitriles is 4. The summed E-state index contributed by atoms with van der Waals surface area (Å²) in [6.45, 7) is 0. The van der Waals surface area contributed by atoms with Crippen LogP contribution in [0.2, 0.25) is 0 Å². The van der Waals surface area contributed by atoms with Gasteiger partial charge in [0.2, 0.25) is 0 Å². The standard InChI is InChI=1S/C66H32N4/c67-33-37-25-27-43(41(29-37)35-69)61-47-19-9-10-20-48(47)62(44-28-26-38(34-68)30-42(44)36-70)66-56-32-54-49-21-11-23-51-59(49)55(31-53(54)50-22-12-24-52(60(50)56)64(61)66)65-58(40-15-5-2-6-16-40)46-18-8-7-17-45(46)57(63(51)65)39-13-3-1-4-14-39/h1-32H. The molecule has 14 aromatic rings. The number of benzene rings is 12. The van der Waals surface area contributed by atoms with Crippen molar-refractivity contribution in [1.82, 2.24) is 0 Å². The molecule has 4 heteroatoms. The molecule has 0 amide bonds. The zero-order chi connectivity index (χ0) is 46.8. The van der Waals surface area contributed by atoms with Crippen LogP contribution in [0.3, 0.4) is 0 Å². The monoisotopic (exact) mass is 880 g/mol. The molecule has 0 aromatic heterocycles. The molecule has 0 fully saturated rings. The highest BCUT2D eigenvalue weighted by atomic mass is 14.3. The van der Waals surface area contributed by atoms with Crippen LogP contribution in [0.5, 0.6) is 0 Å². The fraction of sp³-hybridized carbons (Fsp3) is 0. The number of rotatable bonds is 4. The fourth-order valence-corrected chi connectivity index (χ4v) is 12.2. The highest BCUT2D eigenvalue weighted by Gasteiger charge is 2.29. The van der Waals surface area contributed by atoms with E-state index in [0.29, 0.717) is 22.3 Å². The van der Waals surface area contributed by atoms with Crippen LogP contribution in [0.1, 0.15) is 22.3 Å². The fourth-order valence-electron chi connectivity index (χ4n) is 12.2. The van der Waals surface area contributed by atoms with Crippen molar-refractivity contribution in [1.29, 1.82) is 21.0 Å². The topological polar surface area (TPSA) is 95.2 Å². The van der Waals surface area contributed by atoms with Gasteiger partial charge in [0.25, 0.3) is 0 Å². The molecule has 0 aliphatic heterocycles. The second-order valence-corrected chi connectivity index (χ2v) is 18.2. The Balaban J connectivity index is 1.24. The SMILES string of the molecule is N#Cc1ccc(-c2c3ccccc3c(-c3ccc(C#N)cc3C#N)c3c4cc5c(cc6c7c(-c8ccccc8)c8ccccc8c(-c8ccccc8)c7c7cccc5c76)c5cccc(c23)c54)c(C#N)c1. The Morgan fingerprint density at radius 3 is 0.986 bits per heavy atom. The lowest BCUT2D eigenvalue weighted by molar-refractivity contribution is 1.45. The maximum Gasteiger partial charge on any atom is 0.0998 e. The van der Waals surface area contributed by atoms with Crippen molar-refractivity contribution in [3.63, 3.8) is 0 Å². The van der Waals surface area contributed by atoms with Gasteiger partial charge in [0.05, 0.1) is 46.5 Å². The van der Waals surface area contributed by atoms with Gasteiger partial charge in [-0.2, -0.15) is 21.0 Å². The van der Waals surface area contributed by atoms with Gasteiger partial charge in [-0.25, -0.2) is 0 Å². The Morgan fingerprint density at radius 1 is 0.229 bits per heavy atom. The molecule has 0 atom stereocenters. The van der Waals surface area contributed by atoms with E-state index in [1.165, 1.54) is 54.4 Å². The Labute approximate surface area is 401 Å². The number of nitrogens with zero attached hydrogens (tertiary/aromatic N) is 4. The van der Waals surface area contributed by atoms with Crippen molar-refractivity contribution in [2.45, 2.75) is 0 Å². The molecular weight excluding hydrogens is 849 g/mol. The molecule has 0 saturated heterocycles. The predicted molar refractivity (Wildman–Crippen MR) is 287 cm³/mol. The summed E-state index contributed by atoms with van der Waals surface area (Å²) in [4.78, 5) is 0. The van der Waals surface area contributed by atoms with Crippen molar-refractivity contribution >= 4 is 97.0 Å². The number of fused-ring (bicyclic) bond motifs is 11. The van der Waals surface area contributed by atoms with Crippen molar-refractivity contribution in [2.24, 2.45) is 0 Å². The third-order valence-electron chi connectivity index (χ3n) is 14.8. The highest BCUT2D eigenvalue weighted by Crippen LogP contribution is 2.56. The van der Waals surface area contributed by atoms with Gasteiger partial charge in [-0.1, -0.05) is 158 Å². The molecule has 14 aromatic carbocycles. The van der Waals surface area contributed by atoms with Crippen molar-refractivity contribution in [3.05, 3.63) is 216 Å². The van der Waals surface area contributed by atoms with E-state index in [1.54, 1.807) is 24.3 Å². The number of hydrogen-bond acceptors (Lipinski definition) is 4. The molecule has 70 heavy (non-hydrogen) atoms. The van der Waals surface area contributed by atoms with E-state index in [1.807, 2.05) is 24.3 Å². The molecule has 0 spiro atoms. The smallest absolute Gasteiger partial charge is 0.0998 e. The predicted octanol–water partition coefficient (Wildman–Crippen LogP) is 17.1. The summed E-state index contributed by atoms with van der Waals surface area (Å²) < 4.78 is 0. The highest BCUT2D eigenvalue weighted by molar-refractivity contribution is 6.47. The lowest BCUT2D eigenvalue weighted by atomic mass is 9.84. The summed E-state index contributed by atoms with van der Waals surface area (Å²) in [5.41, 5.74) is 9.65. The average Bonchev–Trinajstić information content (AvgIpc) is 3.93. The maximum atomic E-state index is 10.8. The van der Waals surface area contributed by atoms with Crippen LogP contribution in [-0.4, -0.2) is 0 Å². The average molecular weight is 881 g/mol. The first-order valence-electron chi connectivity index (χ1n) is 23.2. The molecule has 14 rings (SSSR count). The molecule has 0 N–H and O–H groups in total. The van der Waals surface area contributed by atoms with Crippen LogP contribution in [0, 0.1) is 45.3 Å². The van der Waals surface area contributed by atoms with Crippen LogP contribution in [0.4, 0.5) is 0 Å². The zero-order valence-electron chi connectivity index (χ0n) is 37.3. The largest absolute Gasteiger partial charge is 0.192 e. The van der Waals surface area contributed by atoms with Gasteiger partial charge < -0.3 is 0 Å². The lowest BCUT2D eigenvalue weighted by Gasteiger charge is -2.18. The van der Waals surface area contributed by atoms with Crippen molar-refractivity contribution in [2.75, 3.05) is 0 Å². The molecule has 316 valence electrons. The first-order chi connectivity index (χ1) is 34.6. The van der Waals surface area contributed by atoms with Crippen molar-refractivity contribution < 1.29 is 0 Å². The minimum Gasteiger partial charge on any atom is -0.192 e. The van der Waals surface area contributed by atoms with Gasteiger partial charge in [0.1, 0.15) is 0 Å². The van der Waals surface area contributed by atoms with Crippen molar-refractivity contribution in [3.8, 4) is 68.8 Å². The Hall–Kier alpha value is -10.1. The molecule has 0 aliphatic carbocycles. The summed E-state index contributed by atoms with van der Waals surface area (Å²) >= 11 is 0. The summed E-state index contributed by atoms with van der Waals surface area (Å²) in [7, 11) is 0. The second kappa shape index (κ2) is 14.7. The quantitative estimate of drug-likeness (QED) is 0.165. The summed E-state index contributed by atoms with van der Waals surface area (Å²) in [6, 6.07) is 76.9. The van der Waals surface area contributed by atoms with Gasteiger partial charge in [0.15, 0.2) is 0 Å². The molecule has 0 aliphatic rings. The Bertz CT molecular complexity index is 4790. The van der Waals surface area contributed by atoms with E-state index < -0.39 is 0 Å². The molecule has 4 nitrogen and oxygen atoms in total. The molecular formula is C66H32N4. The summed E-state index contributed by atoms with van der Waals surface area (Å²) in [5.74, 6) is 0. The van der Waals surface area contributed by atoms with E-state index >= 15 is 0 Å².